The second-order valence-corrected chi connectivity index (χ2v) is 9.82. The van der Waals surface area contributed by atoms with Gasteiger partial charge in [-0.3, -0.25) is 10.1 Å². The van der Waals surface area contributed by atoms with Crippen molar-refractivity contribution >= 4 is 72.8 Å². The van der Waals surface area contributed by atoms with Gasteiger partial charge in [-0.05, 0) is 55.5 Å². The standard InChI is InChI=1S/C21H16Cl2N4OS2/c22-11-5-6-12(14(23)8-11)16-9-29-21(26-16)27-19(28)18-17(24)13-7-10-3-1-2-4-15(10)25-20(13)30-18/h5-9H,1-4,24H2,(H,26,27,28). The van der Waals surface area contributed by atoms with Crippen LogP contribution in [0.5, 0.6) is 0 Å². The highest BCUT2D eigenvalue weighted by Gasteiger charge is 2.21. The van der Waals surface area contributed by atoms with E-state index in [0.717, 1.165) is 40.7 Å². The summed E-state index contributed by atoms with van der Waals surface area (Å²) in [6.45, 7) is 0. The topological polar surface area (TPSA) is 80.9 Å². The zero-order valence-electron chi connectivity index (χ0n) is 15.7. The number of hydrogen-bond donors (Lipinski definition) is 2. The van der Waals surface area contributed by atoms with Gasteiger partial charge < -0.3 is 5.73 Å². The average Bonchev–Trinajstić information content (AvgIpc) is 3.31. The summed E-state index contributed by atoms with van der Waals surface area (Å²) >= 11 is 14.9. The van der Waals surface area contributed by atoms with E-state index in [1.54, 1.807) is 12.1 Å². The Labute approximate surface area is 190 Å². The van der Waals surface area contributed by atoms with E-state index in [-0.39, 0.29) is 5.91 Å². The number of benzene rings is 1. The number of thiophene rings is 1. The number of anilines is 2. The van der Waals surface area contributed by atoms with Crippen molar-refractivity contribution in [3.8, 4) is 11.3 Å². The number of rotatable bonds is 3. The number of carbonyl (C=O) groups excluding carboxylic acids is 1. The number of aromatic nitrogens is 2. The SMILES string of the molecule is Nc1c(C(=O)Nc2nc(-c3ccc(Cl)cc3Cl)cs2)sc2nc3c(cc12)CCCC3. The molecular weight excluding hydrogens is 459 g/mol. The van der Waals surface area contributed by atoms with Crippen LogP contribution in [0.2, 0.25) is 10.0 Å². The Kier molecular flexibility index (Phi) is 5.14. The second kappa shape index (κ2) is 7.81. The molecule has 1 amide bonds. The molecule has 3 heterocycles. The fourth-order valence-corrected chi connectivity index (χ4v) is 5.84. The highest BCUT2D eigenvalue weighted by atomic mass is 35.5. The molecule has 0 saturated heterocycles. The van der Waals surface area contributed by atoms with Crippen molar-refractivity contribution in [3.63, 3.8) is 0 Å². The maximum absolute atomic E-state index is 12.9. The van der Waals surface area contributed by atoms with Crippen LogP contribution in [0.1, 0.15) is 33.8 Å². The highest BCUT2D eigenvalue weighted by molar-refractivity contribution is 7.21. The Bertz CT molecular complexity index is 1300. The molecule has 3 aromatic heterocycles. The summed E-state index contributed by atoms with van der Waals surface area (Å²) in [7, 11) is 0. The van der Waals surface area contributed by atoms with E-state index in [4.69, 9.17) is 33.9 Å². The molecule has 0 spiro atoms. The van der Waals surface area contributed by atoms with E-state index in [9.17, 15) is 4.79 Å². The summed E-state index contributed by atoms with van der Waals surface area (Å²) in [5, 5.41) is 7.10. The predicted octanol–water partition coefficient (Wildman–Crippen LogP) is 6.44. The molecule has 5 rings (SSSR count). The quantitative estimate of drug-likeness (QED) is 0.357. The fraction of sp³-hybridized carbons (Fsp3) is 0.190. The first-order valence-corrected chi connectivity index (χ1v) is 11.9. The van der Waals surface area contributed by atoms with Gasteiger partial charge in [0.15, 0.2) is 5.13 Å². The lowest BCUT2D eigenvalue weighted by Gasteiger charge is -2.14. The number of nitrogens with one attached hydrogen (secondary N) is 1. The van der Waals surface area contributed by atoms with Gasteiger partial charge in [0.2, 0.25) is 0 Å². The molecule has 0 atom stereocenters. The number of aryl methyl sites for hydroxylation is 2. The number of carbonyl (C=O) groups is 1. The van der Waals surface area contributed by atoms with Gasteiger partial charge in [-0.15, -0.1) is 22.7 Å². The molecule has 5 nitrogen and oxygen atoms in total. The van der Waals surface area contributed by atoms with E-state index in [1.807, 2.05) is 11.4 Å². The van der Waals surface area contributed by atoms with E-state index >= 15 is 0 Å². The van der Waals surface area contributed by atoms with Crippen molar-refractivity contribution in [2.75, 3.05) is 11.1 Å². The lowest BCUT2D eigenvalue weighted by molar-refractivity contribution is 0.103. The van der Waals surface area contributed by atoms with Gasteiger partial charge in [0, 0.05) is 27.0 Å². The summed E-state index contributed by atoms with van der Waals surface area (Å²) < 4.78 is 0. The highest BCUT2D eigenvalue weighted by Crippen LogP contribution is 2.37. The summed E-state index contributed by atoms with van der Waals surface area (Å²) in [4.78, 5) is 23.4. The van der Waals surface area contributed by atoms with Crippen molar-refractivity contribution < 1.29 is 4.79 Å². The third kappa shape index (κ3) is 3.56. The molecule has 0 saturated carbocycles. The second-order valence-electron chi connectivity index (χ2n) is 7.12. The maximum Gasteiger partial charge on any atom is 0.269 e. The van der Waals surface area contributed by atoms with Crippen LogP contribution in [0.3, 0.4) is 0 Å². The zero-order chi connectivity index (χ0) is 20.8. The number of thiazole rings is 1. The number of nitrogen functional groups attached to an aromatic ring is 1. The molecule has 4 aromatic rings. The number of nitrogens with two attached hydrogens (primary N) is 1. The minimum absolute atomic E-state index is 0.281. The monoisotopic (exact) mass is 474 g/mol. The molecule has 1 aliphatic carbocycles. The number of hydrogen-bond acceptors (Lipinski definition) is 6. The van der Waals surface area contributed by atoms with Gasteiger partial charge in [0.25, 0.3) is 5.91 Å². The molecule has 0 bridgehead atoms. The zero-order valence-corrected chi connectivity index (χ0v) is 18.8. The average molecular weight is 475 g/mol. The normalized spacial score (nSPS) is 13.4. The van der Waals surface area contributed by atoms with Gasteiger partial charge in [-0.2, -0.15) is 0 Å². The van der Waals surface area contributed by atoms with Crippen LogP contribution in [0.15, 0.2) is 29.6 Å². The van der Waals surface area contributed by atoms with E-state index in [0.29, 0.717) is 31.4 Å². The summed E-state index contributed by atoms with van der Waals surface area (Å²) in [5.74, 6) is -0.281. The molecule has 0 radical (unpaired) electrons. The molecule has 0 unspecified atom stereocenters. The molecule has 1 aromatic carbocycles. The Morgan fingerprint density at radius 2 is 1.97 bits per heavy atom. The van der Waals surface area contributed by atoms with E-state index in [2.05, 4.69) is 16.4 Å². The van der Waals surface area contributed by atoms with E-state index in [1.165, 1.54) is 34.7 Å². The Morgan fingerprint density at radius 1 is 1.13 bits per heavy atom. The molecule has 152 valence electrons. The molecule has 9 heteroatoms. The summed E-state index contributed by atoms with van der Waals surface area (Å²) in [6.07, 6.45) is 4.33. The minimum atomic E-state index is -0.281. The van der Waals surface area contributed by atoms with Crippen molar-refractivity contribution in [1.82, 2.24) is 9.97 Å². The first-order valence-electron chi connectivity index (χ1n) is 9.42. The maximum atomic E-state index is 12.9. The van der Waals surface area contributed by atoms with Crippen LogP contribution in [-0.2, 0) is 12.8 Å². The molecule has 30 heavy (non-hydrogen) atoms. The van der Waals surface area contributed by atoms with Crippen LogP contribution >= 0.6 is 45.9 Å². The summed E-state index contributed by atoms with van der Waals surface area (Å²) in [6, 6.07) is 7.33. The van der Waals surface area contributed by atoms with Gasteiger partial charge >= 0.3 is 0 Å². The molecule has 0 aliphatic heterocycles. The molecule has 3 N–H and O–H groups in total. The van der Waals surface area contributed by atoms with Crippen LogP contribution < -0.4 is 11.1 Å². The van der Waals surface area contributed by atoms with E-state index < -0.39 is 0 Å². The van der Waals surface area contributed by atoms with Gasteiger partial charge in [0.05, 0.1) is 16.4 Å². The molecular formula is C21H16Cl2N4OS2. The first-order chi connectivity index (χ1) is 14.5. The number of pyridine rings is 1. The minimum Gasteiger partial charge on any atom is -0.397 e. The van der Waals surface area contributed by atoms with Crippen LogP contribution in [0.4, 0.5) is 10.8 Å². The number of fused-ring (bicyclic) bond motifs is 2. The van der Waals surface area contributed by atoms with Gasteiger partial charge in [0.1, 0.15) is 9.71 Å². The first kappa shape index (κ1) is 19.8. The number of nitrogens with zero attached hydrogens (tertiary/aromatic N) is 2. The van der Waals surface area contributed by atoms with Crippen molar-refractivity contribution in [3.05, 3.63) is 55.8 Å². The van der Waals surface area contributed by atoms with Crippen LogP contribution in [0.25, 0.3) is 21.5 Å². The predicted molar refractivity (Wildman–Crippen MR) is 126 cm³/mol. The lowest BCUT2D eigenvalue weighted by Crippen LogP contribution is -2.11. The fourth-order valence-electron chi connectivity index (χ4n) is 3.63. The largest absolute Gasteiger partial charge is 0.397 e. The van der Waals surface area contributed by atoms with Gasteiger partial charge in [-0.25, -0.2) is 9.97 Å². The number of halogens is 2. The smallest absolute Gasteiger partial charge is 0.269 e. The van der Waals surface area contributed by atoms with Crippen LogP contribution in [-0.4, -0.2) is 15.9 Å². The lowest BCUT2D eigenvalue weighted by atomic mass is 9.95. The third-order valence-electron chi connectivity index (χ3n) is 5.14. The van der Waals surface area contributed by atoms with Crippen LogP contribution in [0, 0.1) is 0 Å². The molecule has 1 aliphatic rings. The summed E-state index contributed by atoms with van der Waals surface area (Å²) in [5.41, 5.74) is 10.6. The Balaban J connectivity index is 1.42. The van der Waals surface area contributed by atoms with Crippen molar-refractivity contribution in [2.24, 2.45) is 0 Å². The molecule has 0 fully saturated rings. The number of amides is 1. The van der Waals surface area contributed by atoms with Gasteiger partial charge in [-0.1, -0.05) is 23.2 Å². The third-order valence-corrected chi connectivity index (χ3v) is 7.56. The Hall–Kier alpha value is -2.19. The Morgan fingerprint density at radius 3 is 2.80 bits per heavy atom. The van der Waals surface area contributed by atoms with Crippen molar-refractivity contribution in [2.45, 2.75) is 25.7 Å². The van der Waals surface area contributed by atoms with Crippen molar-refractivity contribution in [1.29, 1.82) is 0 Å².